The molecule has 4 rings (SSSR count). The van der Waals surface area contributed by atoms with Gasteiger partial charge >= 0.3 is 0 Å². The highest BCUT2D eigenvalue weighted by molar-refractivity contribution is 6.02. The minimum absolute atomic E-state index is 0.0140. The van der Waals surface area contributed by atoms with Gasteiger partial charge in [-0.1, -0.05) is 19.3 Å². The number of ether oxygens (including phenoxy) is 1. The van der Waals surface area contributed by atoms with Gasteiger partial charge in [0, 0.05) is 36.4 Å². The van der Waals surface area contributed by atoms with Crippen molar-refractivity contribution >= 4 is 28.2 Å². The fourth-order valence-corrected chi connectivity index (χ4v) is 4.05. The second kappa shape index (κ2) is 8.75. The Kier molecular flexibility index (Phi) is 5.92. The molecule has 1 aromatic heterocycles. The molecule has 150 valence electrons. The lowest BCUT2D eigenvalue weighted by Crippen LogP contribution is -2.41. The number of nitrogens with zero attached hydrogens (tertiary/aromatic N) is 2. The van der Waals surface area contributed by atoms with Gasteiger partial charge < -0.3 is 20.5 Å². The molecule has 7 nitrogen and oxygen atoms in total. The summed E-state index contributed by atoms with van der Waals surface area (Å²) in [5.41, 5.74) is 1.89. The van der Waals surface area contributed by atoms with Crippen molar-refractivity contribution in [2.75, 3.05) is 43.5 Å². The molecule has 1 aliphatic heterocycles. The molecule has 1 amide bonds. The topological polar surface area (TPSA) is 86.7 Å². The average molecular weight is 384 g/mol. The van der Waals surface area contributed by atoms with Crippen LogP contribution in [0.4, 0.5) is 11.4 Å². The number of anilines is 2. The molecule has 0 atom stereocenters. The molecule has 7 heteroatoms. The van der Waals surface area contributed by atoms with E-state index >= 15 is 0 Å². The molecule has 1 aromatic carbocycles. The number of aromatic nitrogens is 1. The van der Waals surface area contributed by atoms with Crippen molar-refractivity contribution in [2.45, 2.75) is 38.1 Å². The molecular formula is C21H28N4O3. The number of amides is 1. The van der Waals surface area contributed by atoms with Gasteiger partial charge in [-0.15, -0.1) is 0 Å². The summed E-state index contributed by atoms with van der Waals surface area (Å²) in [4.78, 5) is 18.8. The van der Waals surface area contributed by atoms with Gasteiger partial charge in [0.05, 0.1) is 25.4 Å². The number of benzene rings is 1. The number of rotatable bonds is 5. The van der Waals surface area contributed by atoms with Crippen molar-refractivity contribution in [1.82, 2.24) is 9.88 Å². The van der Waals surface area contributed by atoms with Crippen LogP contribution in [0.1, 0.15) is 32.1 Å². The van der Waals surface area contributed by atoms with Crippen LogP contribution in [0.15, 0.2) is 24.4 Å². The Labute approximate surface area is 165 Å². The molecule has 0 bridgehead atoms. The van der Waals surface area contributed by atoms with E-state index in [9.17, 15) is 9.90 Å². The van der Waals surface area contributed by atoms with E-state index in [1.54, 1.807) is 12.3 Å². The third-order valence-electron chi connectivity index (χ3n) is 5.60. The van der Waals surface area contributed by atoms with Crippen LogP contribution in [-0.2, 0) is 9.53 Å². The number of morpholine rings is 1. The second-order valence-electron chi connectivity index (χ2n) is 7.63. The first-order valence-corrected chi connectivity index (χ1v) is 10.2. The minimum atomic E-state index is -0.145. The number of fused-ring (bicyclic) bond motifs is 1. The number of carbonyl (C=O) groups is 1. The Morgan fingerprint density at radius 3 is 2.71 bits per heavy atom. The van der Waals surface area contributed by atoms with Gasteiger partial charge in [0.2, 0.25) is 5.91 Å². The maximum absolute atomic E-state index is 12.4. The summed E-state index contributed by atoms with van der Waals surface area (Å²) in [6.45, 7) is 3.08. The quantitative estimate of drug-likeness (QED) is 0.687. The van der Waals surface area contributed by atoms with Gasteiger partial charge in [0.1, 0.15) is 5.52 Å². The molecule has 2 aromatic rings. The van der Waals surface area contributed by atoms with E-state index in [1.165, 1.54) is 32.1 Å². The summed E-state index contributed by atoms with van der Waals surface area (Å²) in [5, 5.41) is 18.0. The van der Waals surface area contributed by atoms with Crippen LogP contribution in [0.25, 0.3) is 10.9 Å². The van der Waals surface area contributed by atoms with Crippen LogP contribution in [-0.4, -0.2) is 59.8 Å². The van der Waals surface area contributed by atoms with Crippen LogP contribution in [0, 0.1) is 0 Å². The number of aromatic hydroxyl groups is 1. The Hall–Kier alpha value is -2.38. The SMILES string of the molecule is O=C(CN1CCOCC1)Nc1ccc2c(NC3CCCCC3)ccnc2c1O. The zero-order valence-electron chi connectivity index (χ0n) is 16.1. The van der Waals surface area contributed by atoms with E-state index in [4.69, 9.17) is 4.74 Å². The first-order chi connectivity index (χ1) is 13.7. The van der Waals surface area contributed by atoms with E-state index in [2.05, 4.69) is 15.6 Å². The van der Waals surface area contributed by atoms with Gasteiger partial charge in [0.25, 0.3) is 0 Å². The van der Waals surface area contributed by atoms with Gasteiger partial charge in [-0.3, -0.25) is 14.7 Å². The van der Waals surface area contributed by atoms with Gasteiger partial charge in [-0.05, 0) is 31.0 Å². The molecule has 3 N–H and O–H groups in total. The molecule has 1 saturated carbocycles. The third kappa shape index (κ3) is 4.36. The molecule has 2 aliphatic rings. The van der Waals surface area contributed by atoms with Crippen molar-refractivity contribution in [3.63, 3.8) is 0 Å². The molecule has 0 spiro atoms. The number of phenolic OH excluding ortho intramolecular Hbond substituents is 1. The standard InChI is InChI=1S/C21H28N4O3/c26-19(14-25-10-12-28-13-11-25)24-18-7-6-16-17(8-9-22-20(16)21(18)27)23-15-4-2-1-3-5-15/h6-9,15,27H,1-5,10-14H2,(H,22,23)(H,24,26). The Balaban J connectivity index is 1.49. The zero-order valence-corrected chi connectivity index (χ0v) is 16.1. The van der Waals surface area contributed by atoms with Crippen LogP contribution < -0.4 is 10.6 Å². The lowest BCUT2D eigenvalue weighted by Gasteiger charge is -2.26. The first-order valence-electron chi connectivity index (χ1n) is 10.2. The summed E-state index contributed by atoms with van der Waals surface area (Å²) in [7, 11) is 0. The molecule has 2 heterocycles. The third-order valence-corrected chi connectivity index (χ3v) is 5.60. The van der Waals surface area contributed by atoms with Gasteiger partial charge in [-0.25, -0.2) is 0 Å². The zero-order chi connectivity index (χ0) is 19.3. The number of pyridine rings is 1. The maximum Gasteiger partial charge on any atom is 0.238 e. The smallest absolute Gasteiger partial charge is 0.238 e. The van der Waals surface area contributed by atoms with Crippen molar-refractivity contribution in [3.8, 4) is 5.75 Å². The predicted molar refractivity (Wildman–Crippen MR) is 110 cm³/mol. The molecule has 1 aliphatic carbocycles. The normalized spacial score (nSPS) is 18.9. The van der Waals surface area contributed by atoms with Crippen LogP contribution in [0.2, 0.25) is 0 Å². The summed E-state index contributed by atoms with van der Waals surface area (Å²) in [5.74, 6) is -0.131. The van der Waals surface area contributed by atoms with Crippen LogP contribution >= 0.6 is 0 Å². The Morgan fingerprint density at radius 2 is 1.93 bits per heavy atom. The molecule has 28 heavy (non-hydrogen) atoms. The summed E-state index contributed by atoms with van der Waals surface area (Å²) >= 11 is 0. The van der Waals surface area contributed by atoms with Crippen LogP contribution in [0.3, 0.4) is 0 Å². The van der Waals surface area contributed by atoms with E-state index in [0.29, 0.717) is 30.5 Å². The first kappa shape index (κ1) is 19.0. The van der Waals surface area contributed by atoms with Crippen molar-refractivity contribution in [3.05, 3.63) is 24.4 Å². The molecule has 0 unspecified atom stereocenters. The lowest BCUT2D eigenvalue weighted by molar-refractivity contribution is -0.118. The number of nitrogens with one attached hydrogen (secondary N) is 2. The molecule has 2 fully saturated rings. The largest absolute Gasteiger partial charge is 0.504 e. The van der Waals surface area contributed by atoms with Crippen molar-refractivity contribution in [1.29, 1.82) is 0 Å². The second-order valence-corrected chi connectivity index (χ2v) is 7.63. The summed E-state index contributed by atoms with van der Waals surface area (Å²) in [6, 6.07) is 6.09. The van der Waals surface area contributed by atoms with Crippen molar-refractivity contribution in [2.24, 2.45) is 0 Å². The summed E-state index contributed by atoms with van der Waals surface area (Å²) in [6.07, 6.45) is 7.86. The highest BCUT2D eigenvalue weighted by Gasteiger charge is 2.18. The number of carbonyl (C=O) groups excluding carboxylic acids is 1. The summed E-state index contributed by atoms with van der Waals surface area (Å²) < 4.78 is 5.30. The monoisotopic (exact) mass is 384 g/mol. The maximum atomic E-state index is 12.4. The number of hydrogen-bond donors (Lipinski definition) is 3. The van der Waals surface area contributed by atoms with Gasteiger partial charge in [-0.2, -0.15) is 0 Å². The molecular weight excluding hydrogens is 356 g/mol. The van der Waals surface area contributed by atoms with Crippen molar-refractivity contribution < 1.29 is 14.6 Å². The minimum Gasteiger partial charge on any atom is -0.504 e. The van der Waals surface area contributed by atoms with E-state index < -0.39 is 0 Å². The fraction of sp³-hybridized carbons (Fsp3) is 0.524. The average Bonchev–Trinajstić information content (AvgIpc) is 2.72. The molecule has 0 radical (unpaired) electrons. The Morgan fingerprint density at radius 1 is 1.14 bits per heavy atom. The lowest BCUT2D eigenvalue weighted by atomic mass is 9.95. The predicted octanol–water partition coefficient (Wildman–Crippen LogP) is 2.96. The van der Waals surface area contributed by atoms with E-state index in [-0.39, 0.29) is 18.2 Å². The molecule has 1 saturated heterocycles. The van der Waals surface area contributed by atoms with Crippen LogP contribution in [0.5, 0.6) is 5.75 Å². The van der Waals surface area contributed by atoms with Gasteiger partial charge in [0.15, 0.2) is 5.75 Å². The van der Waals surface area contributed by atoms with E-state index in [1.807, 2.05) is 17.0 Å². The number of hydrogen-bond acceptors (Lipinski definition) is 6. The Bertz CT molecular complexity index is 830. The highest BCUT2D eigenvalue weighted by Crippen LogP contribution is 2.35. The highest BCUT2D eigenvalue weighted by atomic mass is 16.5. The van der Waals surface area contributed by atoms with E-state index in [0.717, 1.165) is 24.2 Å². The number of phenols is 1. The fourth-order valence-electron chi connectivity index (χ4n) is 4.05.